The number of rotatable bonds is 5. The molecule has 1 aromatic rings. The Bertz CT molecular complexity index is 591. The van der Waals surface area contributed by atoms with E-state index >= 15 is 0 Å². The van der Waals surface area contributed by atoms with Crippen molar-refractivity contribution < 1.29 is 22.1 Å². The predicted octanol–water partition coefficient (Wildman–Crippen LogP) is 2.43. The second kappa shape index (κ2) is 6.58. The number of ether oxygens (including phenoxy) is 1. The Labute approximate surface area is 125 Å². The van der Waals surface area contributed by atoms with E-state index in [1.807, 2.05) is 6.92 Å². The van der Waals surface area contributed by atoms with Gasteiger partial charge in [-0.25, -0.2) is 0 Å². The number of hydrogen-bond donors (Lipinski definition) is 0. The van der Waals surface area contributed by atoms with Gasteiger partial charge in [-0.2, -0.15) is 8.42 Å². The van der Waals surface area contributed by atoms with Crippen molar-refractivity contribution in [3.8, 4) is 0 Å². The smallest absolute Gasteiger partial charge is 0.311 e. The molecule has 21 heavy (non-hydrogen) atoms. The standard InChI is InChI=1S/C15H20O5S/c1-3-19-15(16)13-5-4-6-14(13)20-21(17,18)12-9-7-11(2)8-10-12/h7-10,13-14H,3-6H2,1-2H3. The maximum Gasteiger partial charge on any atom is 0.311 e. The van der Waals surface area contributed by atoms with E-state index in [1.165, 1.54) is 12.1 Å². The molecule has 0 heterocycles. The van der Waals surface area contributed by atoms with Crippen molar-refractivity contribution in [2.24, 2.45) is 5.92 Å². The third-order valence-corrected chi connectivity index (χ3v) is 4.95. The van der Waals surface area contributed by atoms with Gasteiger partial charge in [0.05, 0.1) is 23.5 Å². The van der Waals surface area contributed by atoms with Crippen LogP contribution in [0.4, 0.5) is 0 Å². The highest BCUT2D eigenvalue weighted by Crippen LogP contribution is 2.32. The van der Waals surface area contributed by atoms with E-state index < -0.39 is 22.1 Å². The van der Waals surface area contributed by atoms with Gasteiger partial charge in [0.2, 0.25) is 0 Å². The largest absolute Gasteiger partial charge is 0.466 e. The van der Waals surface area contributed by atoms with Crippen molar-refractivity contribution in [2.75, 3.05) is 6.61 Å². The number of esters is 1. The zero-order chi connectivity index (χ0) is 15.5. The zero-order valence-electron chi connectivity index (χ0n) is 12.2. The lowest BCUT2D eigenvalue weighted by Gasteiger charge is -2.18. The molecule has 2 atom stereocenters. The Morgan fingerprint density at radius 1 is 1.24 bits per heavy atom. The van der Waals surface area contributed by atoms with Crippen LogP contribution in [0.5, 0.6) is 0 Å². The molecular formula is C15H20O5S. The fraction of sp³-hybridized carbons (Fsp3) is 0.533. The van der Waals surface area contributed by atoms with Crippen molar-refractivity contribution in [2.45, 2.75) is 44.1 Å². The minimum atomic E-state index is -3.85. The topological polar surface area (TPSA) is 69.7 Å². The van der Waals surface area contributed by atoms with Gasteiger partial charge in [-0.05, 0) is 45.2 Å². The SMILES string of the molecule is CCOC(=O)C1CCCC1OS(=O)(=O)c1ccc(C)cc1. The molecule has 0 amide bonds. The van der Waals surface area contributed by atoms with Gasteiger partial charge in [-0.3, -0.25) is 8.98 Å². The highest BCUT2D eigenvalue weighted by atomic mass is 32.2. The van der Waals surface area contributed by atoms with E-state index in [1.54, 1.807) is 19.1 Å². The van der Waals surface area contributed by atoms with Crippen LogP contribution < -0.4 is 0 Å². The van der Waals surface area contributed by atoms with E-state index in [4.69, 9.17) is 8.92 Å². The van der Waals surface area contributed by atoms with Crippen LogP contribution in [0, 0.1) is 12.8 Å². The minimum absolute atomic E-state index is 0.114. The molecule has 5 nitrogen and oxygen atoms in total. The first-order valence-electron chi connectivity index (χ1n) is 7.10. The molecule has 1 aliphatic rings. The summed E-state index contributed by atoms with van der Waals surface area (Å²) in [6.45, 7) is 3.89. The molecule has 0 aromatic heterocycles. The summed E-state index contributed by atoms with van der Waals surface area (Å²) in [4.78, 5) is 11.9. The van der Waals surface area contributed by atoms with E-state index in [0.29, 0.717) is 12.8 Å². The molecule has 0 saturated heterocycles. The molecular weight excluding hydrogens is 292 g/mol. The van der Waals surface area contributed by atoms with Crippen molar-refractivity contribution in [3.05, 3.63) is 29.8 Å². The molecule has 0 radical (unpaired) electrons. The van der Waals surface area contributed by atoms with Gasteiger partial charge >= 0.3 is 5.97 Å². The molecule has 2 rings (SSSR count). The second-order valence-corrected chi connectivity index (χ2v) is 6.76. The summed E-state index contributed by atoms with van der Waals surface area (Å²) in [5.74, 6) is -0.871. The quantitative estimate of drug-likeness (QED) is 0.617. The summed E-state index contributed by atoms with van der Waals surface area (Å²) in [5, 5.41) is 0. The summed E-state index contributed by atoms with van der Waals surface area (Å²) in [7, 11) is -3.85. The summed E-state index contributed by atoms with van der Waals surface area (Å²) < 4.78 is 34.8. The fourth-order valence-corrected chi connectivity index (χ4v) is 3.62. The van der Waals surface area contributed by atoms with Gasteiger partial charge in [0.25, 0.3) is 10.1 Å². The summed E-state index contributed by atoms with van der Waals surface area (Å²) in [6.07, 6.45) is 1.29. The first kappa shape index (κ1) is 16.0. The molecule has 0 aliphatic heterocycles. The van der Waals surface area contributed by atoms with Gasteiger partial charge < -0.3 is 4.74 Å². The van der Waals surface area contributed by atoms with E-state index in [-0.39, 0.29) is 17.5 Å². The lowest BCUT2D eigenvalue weighted by molar-refractivity contribution is -0.150. The predicted molar refractivity (Wildman–Crippen MR) is 77.2 cm³/mol. The summed E-state index contributed by atoms with van der Waals surface area (Å²) in [5.41, 5.74) is 0.971. The van der Waals surface area contributed by atoms with E-state index in [2.05, 4.69) is 0 Å². The Kier molecular flexibility index (Phi) is 5.00. The van der Waals surface area contributed by atoms with E-state index in [9.17, 15) is 13.2 Å². The second-order valence-electron chi connectivity index (χ2n) is 5.19. The third-order valence-electron chi connectivity index (χ3n) is 3.60. The summed E-state index contributed by atoms with van der Waals surface area (Å²) >= 11 is 0. The highest BCUT2D eigenvalue weighted by molar-refractivity contribution is 7.86. The lowest BCUT2D eigenvalue weighted by Crippen LogP contribution is -2.29. The summed E-state index contributed by atoms with van der Waals surface area (Å²) in [6, 6.07) is 6.46. The molecule has 1 aromatic carbocycles. The molecule has 1 aliphatic carbocycles. The van der Waals surface area contributed by atoms with Crippen LogP contribution in [0.3, 0.4) is 0 Å². The Morgan fingerprint density at radius 2 is 1.90 bits per heavy atom. The molecule has 0 spiro atoms. The van der Waals surface area contributed by atoms with Crippen molar-refractivity contribution in [1.29, 1.82) is 0 Å². The van der Waals surface area contributed by atoms with Crippen LogP contribution in [-0.4, -0.2) is 27.1 Å². The Hall–Kier alpha value is -1.40. The zero-order valence-corrected chi connectivity index (χ0v) is 13.1. The number of carbonyl (C=O) groups is 1. The molecule has 0 bridgehead atoms. The van der Waals surface area contributed by atoms with Crippen molar-refractivity contribution in [1.82, 2.24) is 0 Å². The van der Waals surface area contributed by atoms with Gasteiger partial charge in [0.15, 0.2) is 0 Å². The maximum atomic E-state index is 12.3. The number of aryl methyl sites for hydroxylation is 1. The van der Waals surface area contributed by atoms with E-state index in [0.717, 1.165) is 12.0 Å². The molecule has 116 valence electrons. The average Bonchev–Trinajstić information content (AvgIpc) is 2.87. The van der Waals surface area contributed by atoms with Crippen molar-refractivity contribution in [3.63, 3.8) is 0 Å². The maximum absolute atomic E-state index is 12.3. The number of hydrogen-bond acceptors (Lipinski definition) is 5. The average molecular weight is 312 g/mol. The van der Waals surface area contributed by atoms with Crippen LogP contribution in [-0.2, 0) is 23.8 Å². The normalized spacial score (nSPS) is 22.2. The fourth-order valence-electron chi connectivity index (χ4n) is 2.48. The van der Waals surface area contributed by atoms with Crippen LogP contribution >= 0.6 is 0 Å². The van der Waals surface area contributed by atoms with Crippen LogP contribution in [0.1, 0.15) is 31.7 Å². The third kappa shape index (κ3) is 3.83. The number of benzene rings is 1. The van der Waals surface area contributed by atoms with Gasteiger partial charge in [0, 0.05) is 0 Å². The minimum Gasteiger partial charge on any atom is -0.466 e. The molecule has 6 heteroatoms. The van der Waals surface area contributed by atoms with Crippen LogP contribution in [0.15, 0.2) is 29.2 Å². The monoisotopic (exact) mass is 312 g/mol. The first-order valence-corrected chi connectivity index (χ1v) is 8.51. The van der Waals surface area contributed by atoms with Gasteiger partial charge in [-0.1, -0.05) is 17.7 Å². The first-order chi connectivity index (χ1) is 9.94. The molecule has 1 fully saturated rings. The van der Waals surface area contributed by atoms with Gasteiger partial charge in [0.1, 0.15) is 0 Å². The molecule has 2 unspecified atom stereocenters. The van der Waals surface area contributed by atoms with Gasteiger partial charge in [-0.15, -0.1) is 0 Å². The Morgan fingerprint density at radius 3 is 2.52 bits per heavy atom. The lowest BCUT2D eigenvalue weighted by atomic mass is 10.1. The number of carbonyl (C=O) groups excluding carboxylic acids is 1. The molecule has 0 N–H and O–H groups in total. The highest BCUT2D eigenvalue weighted by Gasteiger charge is 2.38. The van der Waals surface area contributed by atoms with Crippen molar-refractivity contribution >= 4 is 16.1 Å². The Balaban J connectivity index is 2.12. The van der Waals surface area contributed by atoms with Crippen LogP contribution in [0.2, 0.25) is 0 Å². The van der Waals surface area contributed by atoms with Crippen LogP contribution in [0.25, 0.3) is 0 Å². The molecule has 1 saturated carbocycles.